The number of anilines is 1. The second kappa shape index (κ2) is 11.4. The zero-order valence-electron chi connectivity index (χ0n) is 16.0. The van der Waals surface area contributed by atoms with E-state index in [0.29, 0.717) is 36.2 Å². The van der Waals surface area contributed by atoms with Crippen LogP contribution >= 0.6 is 11.6 Å². The van der Waals surface area contributed by atoms with E-state index in [-0.39, 0.29) is 12.2 Å². The van der Waals surface area contributed by atoms with E-state index in [1.54, 1.807) is 18.3 Å². The van der Waals surface area contributed by atoms with Crippen LogP contribution in [0.2, 0.25) is 5.02 Å². The molecule has 8 heteroatoms. The number of para-hydroxylation sites is 1. The lowest BCUT2D eigenvalue weighted by atomic mass is 10.2. The highest BCUT2D eigenvalue weighted by Crippen LogP contribution is 2.20. The molecule has 1 unspecified atom stereocenters. The Kier molecular flexibility index (Phi) is 8.30. The van der Waals surface area contributed by atoms with Gasteiger partial charge in [0.05, 0.1) is 11.6 Å². The van der Waals surface area contributed by atoms with Gasteiger partial charge in [-0.05, 0) is 42.7 Å². The molecule has 154 valence electrons. The molecule has 1 aromatic heterocycles. The molecule has 1 amide bonds. The lowest BCUT2D eigenvalue weighted by Crippen LogP contribution is -2.32. The fraction of sp³-hybridized carbons (Fsp3) is 0.333. The molecule has 0 bridgehead atoms. The van der Waals surface area contributed by atoms with E-state index in [1.165, 1.54) is 6.08 Å². The summed E-state index contributed by atoms with van der Waals surface area (Å²) in [5, 5.41) is 3.58. The average Bonchev–Trinajstić information content (AvgIpc) is 2.76. The van der Waals surface area contributed by atoms with Crippen LogP contribution in [0.3, 0.4) is 0 Å². The Morgan fingerprint density at radius 3 is 2.93 bits per heavy atom. The molecule has 0 aliphatic carbocycles. The number of carbonyl (C=O) groups excluding carboxylic acids is 1. The molecule has 2 aromatic rings. The van der Waals surface area contributed by atoms with Gasteiger partial charge in [0.15, 0.2) is 6.29 Å². The third kappa shape index (κ3) is 7.38. The zero-order valence-corrected chi connectivity index (χ0v) is 16.7. The largest absolute Gasteiger partial charge is 0.492 e. The summed E-state index contributed by atoms with van der Waals surface area (Å²) < 4.78 is 11.0. The summed E-state index contributed by atoms with van der Waals surface area (Å²) in [5.41, 5.74) is 3.07. The Balaban J connectivity index is 1.41. The van der Waals surface area contributed by atoms with Crippen molar-refractivity contribution >= 4 is 29.4 Å². The van der Waals surface area contributed by atoms with Crippen LogP contribution in [0.4, 0.5) is 5.82 Å². The number of carbonyl (C=O) groups is 1. The molecule has 0 radical (unpaired) electrons. The molecule has 2 heterocycles. The third-order valence-electron chi connectivity index (χ3n) is 4.12. The first-order valence-corrected chi connectivity index (χ1v) is 9.91. The van der Waals surface area contributed by atoms with Gasteiger partial charge in [0, 0.05) is 25.3 Å². The summed E-state index contributed by atoms with van der Waals surface area (Å²) in [5.74, 6) is 0.990. The molecule has 1 aliphatic rings. The van der Waals surface area contributed by atoms with E-state index in [2.05, 4.69) is 15.8 Å². The topological polar surface area (TPSA) is 81.7 Å². The van der Waals surface area contributed by atoms with Crippen LogP contribution in [0.5, 0.6) is 5.75 Å². The number of halogens is 1. The van der Waals surface area contributed by atoms with Gasteiger partial charge in [-0.1, -0.05) is 29.8 Å². The molecular formula is C21H24ClN3O4. The van der Waals surface area contributed by atoms with Crippen LogP contribution in [0, 0.1) is 0 Å². The van der Waals surface area contributed by atoms with Crippen molar-refractivity contribution in [2.45, 2.75) is 25.6 Å². The van der Waals surface area contributed by atoms with Crippen LogP contribution in [0.25, 0.3) is 6.08 Å². The van der Waals surface area contributed by atoms with Crippen LogP contribution < -0.4 is 15.5 Å². The van der Waals surface area contributed by atoms with E-state index in [4.69, 9.17) is 25.9 Å². The first-order valence-electron chi connectivity index (χ1n) is 9.53. The predicted molar refractivity (Wildman–Crippen MR) is 112 cm³/mol. The summed E-state index contributed by atoms with van der Waals surface area (Å²) in [6.07, 6.45) is 7.04. The third-order valence-corrected chi connectivity index (χ3v) is 4.41. The molecule has 1 aliphatic heterocycles. The fourth-order valence-corrected chi connectivity index (χ4v) is 2.90. The second-order valence-electron chi connectivity index (χ2n) is 6.40. The van der Waals surface area contributed by atoms with Crippen molar-refractivity contribution < 1.29 is 19.1 Å². The number of aromatic nitrogens is 1. The number of pyridine rings is 1. The highest BCUT2D eigenvalue weighted by atomic mass is 35.5. The lowest BCUT2D eigenvalue weighted by molar-refractivity contribution is -0.198. The summed E-state index contributed by atoms with van der Waals surface area (Å²) >= 11 is 6.26. The fourth-order valence-electron chi connectivity index (χ4n) is 2.66. The number of nitrogens with zero attached hydrogens (tertiary/aromatic N) is 1. The maximum atomic E-state index is 11.8. The van der Waals surface area contributed by atoms with E-state index >= 15 is 0 Å². The number of hydroxylamine groups is 1. The summed E-state index contributed by atoms with van der Waals surface area (Å²) in [4.78, 5) is 21.4. The predicted octanol–water partition coefficient (Wildman–Crippen LogP) is 3.81. The lowest BCUT2D eigenvalue weighted by Gasteiger charge is -2.21. The molecule has 2 N–H and O–H groups in total. The second-order valence-corrected chi connectivity index (χ2v) is 6.81. The Hall–Kier alpha value is -2.61. The van der Waals surface area contributed by atoms with Gasteiger partial charge < -0.3 is 14.8 Å². The number of benzene rings is 1. The van der Waals surface area contributed by atoms with Crippen molar-refractivity contribution in [3.8, 4) is 5.75 Å². The Morgan fingerprint density at radius 2 is 2.17 bits per heavy atom. The van der Waals surface area contributed by atoms with Gasteiger partial charge in [-0.2, -0.15) is 0 Å². The normalized spacial score (nSPS) is 16.5. The molecule has 1 saturated heterocycles. The van der Waals surface area contributed by atoms with Crippen molar-refractivity contribution in [2.24, 2.45) is 0 Å². The van der Waals surface area contributed by atoms with Crippen molar-refractivity contribution in [3.63, 3.8) is 0 Å². The number of hydrogen-bond donors (Lipinski definition) is 2. The Bertz CT molecular complexity index is 811. The van der Waals surface area contributed by atoms with Crippen LogP contribution in [-0.4, -0.2) is 36.9 Å². The minimum absolute atomic E-state index is 0.379. The van der Waals surface area contributed by atoms with E-state index in [0.717, 1.165) is 25.0 Å². The molecule has 0 spiro atoms. The van der Waals surface area contributed by atoms with Crippen LogP contribution in [-0.2, 0) is 14.4 Å². The highest BCUT2D eigenvalue weighted by molar-refractivity contribution is 6.33. The van der Waals surface area contributed by atoms with Gasteiger partial charge in [-0.15, -0.1) is 0 Å². The number of nitrogens with one attached hydrogen (secondary N) is 2. The van der Waals surface area contributed by atoms with Crippen molar-refractivity contribution in [1.29, 1.82) is 0 Å². The number of hydrogen-bond acceptors (Lipinski definition) is 6. The van der Waals surface area contributed by atoms with Gasteiger partial charge in [0.1, 0.15) is 18.2 Å². The van der Waals surface area contributed by atoms with Crippen molar-refractivity contribution in [1.82, 2.24) is 10.5 Å². The average molecular weight is 418 g/mol. The summed E-state index contributed by atoms with van der Waals surface area (Å²) in [6, 6.07) is 11.3. The monoisotopic (exact) mass is 417 g/mol. The molecule has 7 nitrogen and oxygen atoms in total. The molecule has 1 aromatic carbocycles. The number of ether oxygens (including phenoxy) is 2. The van der Waals surface area contributed by atoms with E-state index in [9.17, 15) is 4.79 Å². The smallest absolute Gasteiger partial charge is 0.267 e. The summed E-state index contributed by atoms with van der Waals surface area (Å²) in [7, 11) is 0. The zero-order chi connectivity index (χ0) is 20.3. The Labute approximate surface area is 175 Å². The molecule has 3 rings (SSSR count). The maximum absolute atomic E-state index is 11.8. The number of rotatable bonds is 9. The minimum Gasteiger partial charge on any atom is -0.492 e. The van der Waals surface area contributed by atoms with Crippen molar-refractivity contribution in [2.75, 3.05) is 25.1 Å². The van der Waals surface area contributed by atoms with E-state index in [1.807, 2.05) is 30.3 Å². The van der Waals surface area contributed by atoms with Crippen LogP contribution in [0.1, 0.15) is 24.8 Å². The van der Waals surface area contributed by atoms with E-state index < -0.39 is 0 Å². The molecule has 29 heavy (non-hydrogen) atoms. The minimum atomic E-state index is -0.381. The first kappa shape index (κ1) is 21.1. The number of amides is 1. The first-order chi connectivity index (χ1) is 14.2. The standard InChI is InChI=1S/C21H24ClN3O4/c22-18-14-16(9-10-19(26)25-29-20-8-4-5-12-28-20)15-24-21(18)23-11-13-27-17-6-2-1-3-7-17/h1-3,6-7,9-10,14-15,20H,4-5,8,11-13H2,(H,23,24)(H,25,26). The van der Waals surface area contributed by atoms with Gasteiger partial charge >= 0.3 is 0 Å². The van der Waals surface area contributed by atoms with Crippen LogP contribution in [0.15, 0.2) is 48.7 Å². The maximum Gasteiger partial charge on any atom is 0.267 e. The van der Waals surface area contributed by atoms with Gasteiger partial charge in [0.2, 0.25) is 0 Å². The Morgan fingerprint density at radius 1 is 1.31 bits per heavy atom. The van der Waals surface area contributed by atoms with Gasteiger partial charge in [-0.25, -0.2) is 15.3 Å². The van der Waals surface area contributed by atoms with Gasteiger partial charge in [0.25, 0.3) is 5.91 Å². The molecule has 1 atom stereocenters. The highest BCUT2D eigenvalue weighted by Gasteiger charge is 2.14. The quantitative estimate of drug-likeness (QED) is 0.367. The van der Waals surface area contributed by atoms with Crippen molar-refractivity contribution in [3.05, 3.63) is 59.3 Å². The molecule has 0 saturated carbocycles. The van der Waals surface area contributed by atoms with Gasteiger partial charge in [-0.3, -0.25) is 4.79 Å². The SMILES string of the molecule is O=C(C=Cc1cnc(NCCOc2ccccc2)c(Cl)c1)NOC1CCCCO1. The molecular weight excluding hydrogens is 394 g/mol. The molecule has 1 fully saturated rings. The summed E-state index contributed by atoms with van der Waals surface area (Å²) in [6.45, 7) is 1.69.